The lowest BCUT2D eigenvalue weighted by molar-refractivity contribution is 0.111. The van der Waals surface area contributed by atoms with Crippen LogP contribution < -0.4 is 0 Å². The number of carbonyl (C=O) groups excluding carboxylic acids is 1. The Bertz CT molecular complexity index is 452. The van der Waals surface area contributed by atoms with Gasteiger partial charge in [0.15, 0.2) is 6.29 Å². The summed E-state index contributed by atoms with van der Waals surface area (Å²) in [7, 11) is 0. The predicted molar refractivity (Wildman–Crippen MR) is 55.4 cm³/mol. The van der Waals surface area contributed by atoms with Gasteiger partial charge in [0, 0.05) is 18.0 Å². The Balaban J connectivity index is 2.60. The molecule has 2 aromatic rings. The Morgan fingerprint density at radius 3 is 2.57 bits per heavy atom. The summed E-state index contributed by atoms with van der Waals surface area (Å²) < 4.78 is 0. The van der Waals surface area contributed by atoms with Crippen LogP contribution in [0.5, 0.6) is 0 Å². The van der Waals surface area contributed by atoms with Crippen molar-refractivity contribution in [3.8, 4) is 11.3 Å². The van der Waals surface area contributed by atoms with E-state index in [-0.39, 0.29) is 0 Å². The van der Waals surface area contributed by atoms with E-state index in [0.29, 0.717) is 5.69 Å². The van der Waals surface area contributed by atoms with E-state index in [1.54, 1.807) is 0 Å². The van der Waals surface area contributed by atoms with Crippen LogP contribution in [-0.4, -0.2) is 16.3 Å². The molecular weight excluding hydrogens is 176 g/mol. The Hall–Kier alpha value is -1.77. The van der Waals surface area contributed by atoms with E-state index in [1.807, 2.05) is 32.3 Å². The van der Waals surface area contributed by atoms with Gasteiger partial charge in [0.05, 0.1) is 11.4 Å². The third-order valence-corrected chi connectivity index (χ3v) is 2.61. The summed E-state index contributed by atoms with van der Waals surface area (Å²) in [6.07, 6.45) is 4.64. The Kier molecular flexibility index (Phi) is 2.00. The van der Waals surface area contributed by atoms with E-state index >= 15 is 0 Å². The number of aromatic nitrogens is 2. The maximum absolute atomic E-state index is 10.7. The van der Waals surface area contributed by atoms with Crippen molar-refractivity contribution in [3.05, 3.63) is 35.3 Å². The maximum Gasteiger partial charge on any atom is 0.166 e. The third kappa shape index (κ3) is 1.18. The molecule has 0 spiro atoms. The van der Waals surface area contributed by atoms with E-state index in [0.717, 1.165) is 28.7 Å². The number of aldehydes is 1. The summed E-state index contributed by atoms with van der Waals surface area (Å²) >= 11 is 0. The van der Waals surface area contributed by atoms with Crippen LogP contribution in [-0.2, 0) is 0 Å². The van der Waals surface area contributed by atoms with Crippen LogP contribution in [0.3, 0.4) is 0 Å². The van der Waals surface area contributed by atoms with Gasteiger partial charge in [0.1, 0.15) is 0 Å². The van der Waals surface area contributed by atoms with Gasteiger partial charge < -0.3 is 9.97 Å². The number of hydrogen-bond donors (Lipinski definition) is 2. The maximum atomic E-state index is 10.7. The molecule has 2 rings (SSSR count). The van der Waals surface area contributed by atoms with Crippen LogP contribution in [0.4, 0.5) is 0 Å². The Morgan fingerprint density at radius 2 is 2.07 bits per heavy atom. The van der Waals surface area contributed by atoms with Gasteiger partial charge in [-0.25, -0.2) is 0 Å². The lowest BCUT2D eigenvalue weighted by atomic mass is 10.1. The Labute approximate surface area is 82.2 Å². The molecule has 72 valence electrons. The first-order valence-electron chi connectivity index (χ1n) is 4.51. The molecule has 0 fully saturated rings. The standard InChI is InChI=1S/C11H12N2O/c1-7-8(2)11(13-10(7)6-14)9-3-4-12-5-9/h3-6,12-13H,1-2H3. The zero-order valence-corrected chi connectivity index (χ0v) is 8.22. The fraction of sp³-hybridized carbons (Fsp3) is 0.182. The average molecular weight is 188 g/mol. The topological polar surface area (TPSA) is 48.6 Å². The van der Waals surface area contributed by atoms with Crippen molar-refractivity contribution in [2.24, 2.45) is 0 Å². The van der Waals surface area contributed by atoms with Crippen LogP contribution in [0.15, 0.2) is 18.5 Å². The molecule has 0 bridgehead atoms. The van der Waals surface area contributed by atoms with E-state index in [2.05, 4.69) is 9.97 Å². The first-order chi connectivity index (χ1) is 6.74. The van der Waals surface area contributed by atoms with Crippen LogP contribution in [0.25, 0.3) is 11.3 Å². The second-order valence-electron chi connectivity index (χ2n) is 3.38. The van der Waals surface area contributed by atoms with Gasteiger partial charge in [-0.15, -0.1) is 0 Å². The van der Waals surface area contributed by atoms with Crippen LogP contribution >= 0.6 is 0 Å². The largest absolute Gasteiger partial charge is 0.367 e. The van der Waals surface area contributed by atoms with Crippen molar-refractivity contribution in [1.29, 1.82) is 0 Å². The summed E-state index contributed by atoms with van der Waals surface area (Å²) in [4.78, 5) is 16.8. The molecule has 0 saturated heterocycles. The molecule has 0 atom stereocenters. The van der Waals surface area contributed by atoms with Gasteiger partial charge >= 0.3 is 0 Å². The molecule has 2 N–H and O–H groups in total. The quantitative estimate of drug-likeness (QED) is 0.699. The molecule has 0 saturated carbocycles. The molecule has 0 unspecified atom stereocenters. The zero-order valence-electron chi connectivity index (χ0n) is 8.22. The van der Waals surface area contributed by atoms with Gasteiger partial charge in [-0.2, -0.15) is 0 Å². The first kappa shape index (κ1) is 8.81. The average Bonchev–Trinajstić information content (AvgIpc) is 2.78. The summed E-state index contributed by atoms with van der Waals surface area (Å²) in [6.45, 7) is 3.97. The van der Waals surface area contributed by atoms with E-state index in [1.165, 1.54) is 0 Å². The summed E-state index contributed by atoms with van der Waals surface area (Å²) in [5, 5.41) is 0. The molecule has 0 aliphatic heterocycles. The fourth-order valence-electron chi connectivity index (χ4n) is 1.60. The van der Waals surface area contributed by atoms with Crippen LogP contribution in [0.2, 0.25) is 0 Å². The molecule has 2 heterocycles. The van der Waals surface area contributed by atoms with Crippen molar-refractivity contribution in [3.63, 3.8) is 0 Å². The van der Waals surface area contributed by atoms with Crippen LogP contribution in [0, 0.1) is 13.8 Å². The molecule has 0 amide bonds. The number of H-pyrrole nitrogens is 2. The van der Waals surface area contributed by atoms with Crippen molar-refractivity contribution >= 4 is 6.29 Å². The first-order valence-corrected chi connectivity index (χ1v) is 4.51. The van der Waals surface area contributed by atoms with Crippen LogP contribution in [0.1, 0.15) is 21.6 Å². The lowest BCUT2D eigenvalue weighted by Gasteiger charge is -1.95. The minimum Gasteiger partial charge on any atom is -0.367 e. The SMILES string of the molecule is Cc1c(C=O)[nH]c(-c2cc[nH]c2)c1C. The smallest absolute Gasteiger partial charge is 0.166 e. The molecule has 0 radical (unpaired) electrons. The van der Waals surface area contributed by atoms with Crippen molar-refractivity contribution < 1.29 is 4.79 Å². The minimum atomic E-state index is 0.665. The summed E-state index contributed by atoms with van der Waals surface area (Å²) in [5.41, 5.74) is 4.92. The third-order valence-electron chi connectivity index (χ3n) is 2.61. The fourth-order valence-corrected chi connectivity index (χ4v) is 1.60. The van der Waals surface area contributed by atoms with Crippen molar-refractivity contribution in [1.82, 2.24) is 9.97 Å². The molecule has 0 aliphatic carbocycles. The monoisotopic (exact) mass is 188 g/mol. The summed E-state index contributed by atoms with van der Waals surface area (Å²) in [6, 6.07) is 1.98. The van der Waals surface area contributed by atoms with Gasteiger partial charge in [-0.3, -0.25) is 4.79 Å². The number of aromatic amines is 2. The highest BCUT2D eigenvalue weighted by Gasteiger charge is 2.11. The highest BCUT2D eigenvalue weighted by molar-refractivity contribution is 5.80. The second kappa shape index (κ2) is 3.18. The molecular formula is C11H12N2O. The van der Waals surface area contributed by atoms with Gasteiger partial charge in [-0.05, 0) is 31.0 Å². The molecule has 2 aromatic heterocycles. The van der Waals surface area contributed by atoms with E-state index in [4.69, 9.17) is 0 Å². The number of nitrogens with one attached hydrogen (secondary N) is 2. The highest BCUT2D eigenvalue weighted by atomic mass is 16.1. The normalized spacial score (nSPS) is 10.4. The van der Waals surface area contributed by atoms with E-state index in [9.17, 15) is 4.79 Å². The van der Waals surface area contributed by atoms with Gasteiger partial charge in [0.2, 0.25) is 0 Å². The highest BCUT2D eigenvalue weighted by Crippen LogP contribution is 2.25. The predicted octanol–water partition coefficient (Wildman–Crippen LogP) is 2.44. The molecule has 3 heteroatoms. The minimum absolute atomic E-state index is 0.665. The number of rotatable bonds is 2. The lowest BCUT2D eigenvalue weighted by Crippen LogP contribution is -1.81. The molecule has 0 aliphatic rings. The van der Waals surface area contributed by atoms with Crippen molar-refractivity contribution in [2.45, 2.75) is 13.8 Å². The second-order valence-corrected chi connectivity index (χ2v) is 3.38. The number of carbonyl (C=O) groups is 1. The summed E-state index contributed by atoms with van der Waals surface area (Å²) in [5.74, 6) is 0. The van der Waals surface area contributed by atoms with Gasteiger partial charge in [0.25, 0.3) is 0 Å². The Morgan fingerprint density at radius 1 is 1.29 bits per heavy atom. The van der Waals surface area contributed by atoms with Gasteiger partial charge in [-0.1, -0.05) is 0 Å². The van der Waals surface area contributed by atoms with E-state index < -0.39 is 0 Å². The zero-order chi connectivity index (χ0) is 10.1. The molecule has 3 nitrogen and oxygen atoms in total. The number of hydrogen-bond acceptors (Lipinski definition) is 1. The van der Waals surface area contributed by atoms with Crippen molar-refractivity contribution in [2.75, 3.05) is 0 Å². The molecule has 0 aromatic carbocycles. The molecule has 14 heavy (non-hydrogen) atoms.